The van der Waals surface area contributed by atoms with Crippen molar-refractivity contribution < 1.29 is 0 Å². The highest BCUT2D eigenvalue weighted by Crippen LogP contribution is 2.11. The highest BCUT2D eigenvalue weighted by Gasteiger charge is 1.93. The van der Waals surface area contributed by atoms with Gasteiger partial charge in [-0.15, -0.1) is 0 Å². The van der Waals surface area contributed by atoms with Gasteiger partial charge in [-0.1, -0.05) is 43.3 Å². The monoisotopic (exact) mass is 279 g/mol. The molecule has 0 aliphatic heterocycles. The topological polar surface area (TPSA) is 28.0 Å². The molecule has 0 saturated carbocycles. The van der Waals surface area contributed by atoms with Gasteiger partial charge in [-0.2, -0.15) is 10.2 Å². The Kier molecular flexibility index (Phi) is 5.27. The largest absolute Gasteiger partial charge is 0.378 e. The first kappa shape index (κ1) is 15.0. The van der Waals surface area contributed by atoms with E-state index in [0.717, 1.165) is 17.5 Å². The van der Waals surface area contributed by atoms with Crippen LogP contribution in [0.4, 0.5) is 5.69 Å². The maximum absolute atomic E-state index is 4.08. The molecule has 108 valence electrons. The van der Waals surface area contributed by atoms with E-state index in [1.807, 2.05) is 26.2 Å². The third-order valence-electron chi connectivity index (χ3n) is 3.28. The summed E-state index contributed by atoms with van der Waals surface area (Å²) in [6.07, 6.45) is 4.58. The lowest BCUT2D eigenvalue weighted by atomic mass is 10.1. The number of aryl methyl sites for hydroxylation is 1. The van der Waals surface area contributed by atoms with Crippen molar-refractivity contribution in [3.8, 4) is 0 Å². The summed E-state index contributed by atoms with van der Waals surface area (Å²) in [5.74, 6) is 0. The Hall–Kier alpha value is -2.42. The first-order valence-corrected chi connectivity index (χ1v) is 7.12. The van der Waals surface area contributed by atoms with E-state index in [9.17, 15) is 0 Å². The van der Waals surface area contributed by atoms with Gasteiger partial charge in [0.25, 0.3) is 0 Å². The molecule has 2 aromatic rings. The summed E-state index contributed by atoms with van der Waals surface area (Å²) in [4.78, 5) is 2.07. The molecule has 0 aromatic heterocycles. The van der Waals surface area contributed by atoms with Crippen molar-refractivity contribution in [3.05, 3.63) is 65.2 Å². The lowest BCUT2D eigenvalue weighted by molar-refractivity contribution is 1.13. The molecule has 3 heteroatoms. The number of nitrogens with zero attached hydrogens (tertiary/aromatic N) is 3. The Balaban J connectivity index is 1.96. The molecule has 0 spiro atoms. The van der Waals surface area contributed by atoms with Gasteiger partial charge in [-0.25, -0.2) is 0 Å². The van der Waals surface area contributed by atoms with E-state index in [-0.39, 0.29) is 0 Å². The van der Waals surface area contributed by atoms with Crippen LogP contribution in [0.3, 0.4) is 0 Å². The van der Waals surface area contributed by atoms with Gasteiger partial charge in [-0.05, 0) is 35.2 Å². The van der Waals surface area contributed by atoms with Crippen LogP contribution >= 0.6 is 0 Å². The maximum atomic E-state index is 4.08. The SMILES string of the molecule is CCc1ccc(/C=N/N=C/c2ccc(N(C)C)cc2)cc1. The molecule has 0 aliphatic rings. The smallest absolute Gasteiger partial charge is 0.0568 e. The molecule has 0 unspecified atom stereocenters. The third-order valence-corrected chi connectivity index (χ3v) is 3.28. The van der Waals surface area contributed by atoms with Gasteiger partial charge < -0.3 is 4.90 Å². The van der Waals surface area contributed by atoms with Crippen molar-refractivity contribution >= 4 is 18.1 Å². The molecule has 2 aromatic carbocycles. The van der Waals surface area contributed by atoms with Crippen LogP contribution in [0.25, 0.3) is 0 Å². The Bertz CT molecular complexity index is 608. The Labute approximate surface area is 126 Å². The fraction of sp³-hybridized carbons (Fsp3) is 0.222. The molecule has 0 heterocycles. The first-order chi connectivity index (χ1) is 10.2. The molecule has 0 atom stereocenters. The number of hydrogen-bond donors (Lipinski definition) is 0. The van der Waals surface area contributed by atoms with E-state index in [1.54, 1.807) is 12.4 Å². The molecule has 0 bridgehead atoms. The van der Waals surface area contributed by atoms with Crippen molar-refractivity contribution in [1.82, 2.24) is 0 Å². The molecular weight excluding hydrogens is 258 g/mol. The van der Waals surface area contributed by atoms with Crippen molar-refractivity contribution in [1.29, 1.82) is 0 Å². The second-order valence-corrected chi connectivity index (χ2v) is 5.07. The lowest BCUT2D eigenvalue weighted by Gasteiger charge is -2.11. The minimum atomic E-state index is 1.04. The van der Waals surface area contributed by atoms with E-state index in [4.69, 9.17) is 0 Å². The molecule has 3 nitrogen and oxygen atoms in total. The average Bonchev–Trinajstić information content (AvgIpc) is 2.52. The molecule has 0 fully saturated rings. The van der Waals surface area contributed by atoms with Crippen LogP contribution < -0.4 is 4.90 Å². The molecule has 0 N–H and O–H groups in total. The van der Waals surface area contributed by atoms with Crippen molar-refractivity contribution in [2.45, 2.75) is 13.3 Å². The van der Waals surface area contributed by atoms with Gasteiger partial charge in [0.15, 0.2) is 0 Å². The van der Waals surface area contributed by atoms with Crippen LogP contribution in [-0.4, -0.2) is 26.5 Å². The van der Waals surface area contributed by atoms with Crippen LogP contribution in [0, 0.1) is 0 Å². The van der Waals surface area contributed by atoms with Gasteiger partial charge in [0.05, 0.1) is 12.4 Å². The van der Waals surface area contributed by atoms with E-state index >= 15 is 0 Å². The molecule has 21 heavy (non-hydrogen) atoms. The zero-order valence-electron chi connectivity index (χ0n) is 12.8. The summed E-state index contributed by atoms with van der Waals surface area (Å²) in [6.45, 7) is 2.15. The van der Waals surface area contributed by atoms with Crippen LogP contribution in [0.1, 0.15) is 23.6 Å². The minimum absolute atomic E-state index is 1.04. The third kappa shape index (κ3) is 4.56. The minimum Gasteiger partial charge on any atom is -0.378 e. The molecule has 0 aliphatic carbocycles. The number of rotatable bonds is 5. The zero-order valence-corrected chi connectivity index (χ0v) is 12.8. The summed E-state index contributed by atoms with van der Waals surface area (Å²) in [6, 6.07) is 16.5. The molecule has 0 radical (unpaired) electrons. The molecule has 2 rings (SSSR count). The van der Waals surface area contributed by atoms with Crippen LogP contribution in [0.15, 0.2) is 58.7 Å². The first-order valence-electron chi connectivity index (χ1n) is 7.12. The van der Waals surface area contributed by atoms with Crippen LogP contribution in [0.2, 0.25) is 0 Å². The van der Waals surface area contributed by atoms with Gasteiger partial charge in [0.1, 0.15) is 0 Å². The fourth-order valence-corrected chi connectivity index (χ4v) is 1.90. The quantitative estimate of drug-likeness (QED) is 0.605. The second-order valence-electron chi connectivity index (χ2n) is 5.07. The van der Waals surface area contributed by atoms with Crippen LogP contribution in [0.5, 0.6) is 0 Å². The Morgan fingerprint density at radius 3 is 1.71 bits per heavy atom. The lowest BCUT2D eigenvalue weighted by Crippen LogP contribution is -2.08. The highest BCUT2D eigenvalue weighted by molar-refractivity contribution is 5.83. The van der Waals surface area contributed by atoms with Crippen molar-refractivity contribution in [3.63, 3.8) is 0 Å². The fourth-order valence-electron chi connectivity index (χ4n) is 1.90. The number of benzene rings is 2. The summed E-state index contributed by atoms with van der Waals surface area (Å²) in [5, 5.41) is 8.17. The second kappa shape index (κ2) is 7.39. The zero-order chi connectivity index (χ0) is 15.1. The number of hydrogen-bond acceptors (Lipinski definition) is 3. The van der Waals surface area contributed by atoms with Gasteiger partial charge in [0, 0.05) is 19.8 Å². The summed E-state index contributed by atoms with van der Waals surface area (Å²) in [5.41, 5.74) is 4.61. The predicted octanol–water partition coefficient (Wildman–Crippen LogP) is 3.77. The summed E-state index contributed by atoms with van der Waals surface area (Å²) in [7, 11) is 4.05. The maximum Gasteiger partial charge on any atom is 0.0568 e. The predicted molar refractivity (Wildman–Crippen MR) is 91.8 cm³/mol. The van der Waals surface area contributed by atoms with Crippen molar-refractivity contribution in [2.24, 2.45) is 10.2 Å². The van der Waals surface area contributed by atoms with Gasteiger partial charge in [-0.3, -0.25) is 0 Å². The van der Waals surface area contributed by atoms with Gasteiger partial charge in [0.2, 0.25) is 0 Å². The van der Waals surface area contributed by atoms with E-state index in [2.05, 4.69) is 58.4 Å². The molecule has 0 saturated heterocycles. The Morgan fingerprint density at radius 1 is 0.810 bits per heavy atom. The normalized spacial score (nSPS) is 11.4. The highest BCUT2D eigenvalue weighted by atomic mass is 15.2. The molecule has 0 amide bonds. The summed E-state index contributed by atoms with van der Waals surface area (Å²) >= 11 is 0. The van der Waals surface area contributed by atoms with E-state index in [0.29, 0.717) is 0 Å². The standard InChI is InChI=1S/C18H21N3/c1-4-15-5-7-16(8-6-15)13-19-20-14-17-9-11-18(12-10-17)21(2)3/h5-14H,4H2,1-3H3/b19-13+,20-14+. The van der Waals surface area contributed by atoms with E-state index < -0.39 is 0 Å². The Morgan fingerprint density at radius 2 is 1.29 bits per heavy atom. The summed E-state index contributed by atoms with van der Waals surface area (Å²) < 4.78 is 0. The van der Waals surface area contributed by atoms with Crippen LogP contribution in [-0.2, 0) is 6.42 Å². The van der Waals surface area contributed by atoms with Crippen molar-refractivity contribution in [2.75, 3.05) is 19.0 Å². The number of anilines is 1. The van der Waals surface area contributed by atoms with E-state index in [1.165, 1.54) is 11.3 Å². The average molecular weight is 279 g/mol. The molecular formula is C18H21N3. The van der Waals surface area contributed by atoms with Gasteiger partial charge >= 0.3 is 0 Å².